The highest BCUT2D eigenvalue weighted by molar-refractivity contribution is 6.05. The molecule has 1 aromatic carbocycles. The number of rotatable bonds is 4. The molecule has 0 spiro atoms. The monoisotopic (exact) mass is 431 g/mol. The second kappa shape index (κ2) is 9.78. The minimum atomic E-state index is -0.800. The number of amides is 3. The first-order chi connectivity index (χ1) is 14.8. The van der Waals surface area contributed by atoms with Crippen LogP contribution in [0, 0.1) is 0 Å². The maximum Gasteiger partial charge on any atom is 0.435 e. The zero-order valence-corrected chi connectivity index (χ0v) is 17.7. The van der Waals surface area contributed by atoms with E-state index >= 15 is 0 Å². The van der Waals surface area contributed by atoms with Crippen molar-refractivity contribution in [3.63, 3.8) is 0 Å². The largest absolute Gasteiger partial charge is 0.491 e. The van der Waals surface area contributed by atoms with Crippen LogP contribution in [-0.4, -0.2) is 78.5 Å². The van der Waals surface area contributed by atoms with Crippen molar-refractivity contribution >= 4 is 23.7 Å². The molecule has 167 valence electrons. The summed E-state index contributed by atoms with van der Waals surface area (Å²) in [5.41, 5.74) is 6.58. The third-order valence-electron chi connectivity index (χ3n) is 5.42. The number of aliphatic imine (C=N–C) groups is 1. The number of amidine groups is 1. The first kappa shape index (κ1) is 22.5. The predicted molar refractivity (Wildman–Crippen MR) is 110 cm³/mol. The summed E-state index contributed by atoms with van der Waals surface area (Å²) in [6.07, 6.45) is -0.578. The molecule has 0 saturated carbocycles. The van der Waals surface area contributed by atoms with Crippen LogP contribution in [0.25, 0.3) is 0 Å². The van der Waals surface area contributed by atoms with E-state index in [1.54, 1.807) is 36.9 Å². The average Bonchev–Trinajstić information content (AvgIpc) is 2.91. The van der Waals surface area contributed by atoms with Gasteiger partial charge in [-0.3, -0.25) is 9.59 Å². The third kappa shape index (κ3) is 5.13. The maximum atomic E-state index is 13.2. The molecule has 3 rings (SSSR count). The van der Waals surface area contributed by atoms with E-state index in [-0.39, 0.29) is 37.4 Å². The Morgan fingerprint density at radius 3 is 2.68 bits per heavy atom. The quantitative estimate of drug-likeness (QED) is 0.562. The van der Waals surface area contributed by atoms with Gasteiger partial charge in [0.1, 0.15) is 24.2 Å². The van der Waals surface area contributed by atoms with E-state index in [2.05, 4.69) is 4.99 Å². The zero-order chi connectivity index (χ0) is 22.5. The van der Waals surface area contributed by atoms with Gasteiger partial charge in [0.2, 0.25) is 5.91 Å². The molecule has 1 atom stereocenters. The van der Waals surface area contributed by atoms with Crippen LogP contribution in [-0.2, 0) is 14.6 Å². The van der Waals surface area contributed by atoms with Gasteiger partial charge in [-0.15, -0.1) is 0 Å². The van der Waals surface area contributed by atoms with Gasteiger partial charge < -0.3 is 25.0 Å². The van der Waals surface area contributed by atoms with Crippen LogP contribution in [0.1, 0.15) is 42.6 Å². The summed E-state index contributed by atoms with van der Waals surface area (Å²) >= 11 is 0. The number of hydrogen-bond donors (Lipinski definition) is 1. The van der Waals surface area contributed by atoms with E-state index in [0.29, 0.717) is 42.8 Å². The molecule has 1 radical (unpaired) electrons. The Labute approximate surface area is 180 Å². The van der Waals surface area contributed by atoms with E-state index in [1.165, 1.54) is 4.90 Å². The number of hydrogen-bond acceptors (Lipinski definition) is 5. The van der Waals surface area contributed by atoms with Crippen LogP contribution < -0.4 is 10.5 Å². The summed E-state index contributed by atoms with van der Waals surface area (Å²) in [5.74, 6) is -0.256. The van der Waals surface area contributed by atoms with E-state index in [9.17, 15) is 19.5 Å². The van der Waals surface area contributed by atoms with Crippen molar-refractivity contribution in [1.82, 2.24) is 9.80 Å². The van der Waals surface area contributed by atoms with Crippen molar-refractivity contribution in [3.05, 3.63) is 29.3 Å². The lowest BCUT2D eigenvalue weighted by molar-refractivity contribution is -0.138. The lowest BCUT2D eigenvalue weighted by atomic mass is 10.1. The Morgan fingerprint density at radius 1 is 1.29 bits per heavy atom. The smallest absolute Gasteiger partial charge is 0.435 e. The summed E-state index contributed by atoms with van der Waals surface area (Å²) in [7, 11) is 0. The van der Waals surface area contributed by atoms with Crippen LogP contribution >= 0.6 is 0 Å². The highest BCUT2D eigenvalue weighted by Gasteiger charge is 2.34. The van der Waals surface area contributed by atoms with Crippen LogP contribution in [0.4, 0.5) is 4.79 Å². The first-order valence-corrected chi connectivity index (χ1v) is 10.4. The van der Waals surface area contributed by atoms with Gasteiger partial charge in [0.15, 0.2) is 0 Å². The number of fused-ring (bicyclic) bond motifs is 1. The van der Waals surface area contributed by atoms with Gasteiger partial charge in [0, 0.05) is 18.7 Å². The molecule has 2 heterocycles. The molecule has 0 aliphatic carbocycles. The van der Waals surface area contributed by atoms with Gasteiger partial charge in [-0.1, -0.05) is 6.07 Å². The molecule has 1 saturated heterocycles. The summed E-state index contributed by atoms with van der Waals surface area (Å²) in [6.45, 7) is 4.78. The van der Waals surface area contributed by atoms with Crippen molar-refractivity contribution in [2.24, 2.45) is 10.7 Å². The number of likely N-dealkylation sites (tertiary alicyclic amines) is 1. The second-order valence-electron chi connectivity index (χ2n) is 7.45. The molecule has 10 nitrogen and oxygen atoms in total. The van der Waals surface area contributed by atoms with Crippen LogP contribution in [0.2, 0.25) is 0 Å². The van der Waals surface area contributed by atoms with Gasteiger partial charge in [-0.25, -0.2) is 9.90 Å². The summed E-state index contributed by atoms with van der Waals surface area (Å²) in [6, 6.07) is 3.97. The lowest BCUT2D eigenvalue weighted by Crippen LogP contribution is -2.52. The molecule has 31 heavy (non-hydrogen) atoms. The number of nitrogens with zero attached hydrogens (tertiary/aromatic N) is 3. The number of piperidine rings is 1. The molecule has 0 aromatic heterocycles. The van der Waals surface area contributed by atoms with E-state index < -0.39 is 18.2 Å². The number of ether oxygens (including phenoxy) is 2. The van der Waals surface area contributed by atoms with Gasteiger partial charge in [-0.2, -0.15) is 4.99 Å². The van der Waals surface area contributed by atoms with E-state index in [0.717, 1.165) is 0 Å². The van der Waals surface area contributed by atoms with E-state index in [4.69, 9.17) is 15.2 Å². The Hall–Kier alpha value is -3.14. The summed E-state index contributed by atoms with van der Waals surface area (Å²) in [5, 5.41) is 11.5. The van der Waals surface area contributed by atoms with Crippen molar-refractivity contribution in [2.45, 2.75) is 38.8 Å². The Balaban J connectivity index is 1.77. The standard InChI is InChI=1S/C21H27N4O6/c1-3-30-21(29)23-18(22)14-4-5-16-17(12-14)31-11-10-25(20(16)28)13(2)19(27)24-8-6-15(26)7-9-24/h4-5,12-13,15H,3,6-11H2,1-2H3,(H2,22,23,29). The number of carbonyl (C=O) groups excluding carboxylic acids is 3. The van der Waals surface area contributed by atoms with Crippen molar-refractivity contribution < 1.29 is 29.0 Å². The number of carbonyl (C=O) groups is 3. The van der Waals surface area contributed by atoms with Crippen molar-refractivity contribution in [1.29, 1.82) is 0 Å². The topological polar surface area (TPSA) is 134 Å². The zero-order valence-electron chi connectivity index (χ0n) is 17.7. The summed E-state index contributed by atoms with van der Waals surface area (Å²) < 4.78 is 10.5. The Morgan fingerprint density at radius 2 is 2.00 bits per heavy atom. The molecular weight excluding hydrogens is 404 g/mol. The SMILES string of the molecule is CCOC(=O)/N=C(\N)c1ccc2c(c1)OCCN(C(C)C(=O)N1CCC([O])CC1)C2=O. The molecule has 0 bridgehead atoms. The highest BCUT2D eigenvalue weighted by atomic mass is 16.5. The predicted octanol–water partition coefficient (Wildman–Crippen LogP) is 1.19. The van der Waals surface area contributed by atoms with E-state index in [1.807, 2.05) is 0 Å². The van der Waals surface area contributed by atoms with Crippen molar-refractivity contribution in [2.75, 3.05) is 32.8 Å². The average molecular weight is 431 g/mol. The number of nitrogens with two attached hydrogens (primary N) is 1. The molecule has 2 N–H and O–H groups in total. The minimum absolute atomic E-state index is 0.0521. The fraction of sp³-hybridized carbons (Fsp3) is 0.524. The van der Waals surface area contributed by atoms with Crippen molar-refractivity contribution in [3.8, 4) is 5.75 Å². The van der Waals surface area contributed by atoms with Gasteiger partial charge in [0.05, 0.1) is 24.8 Å². The van der Waals surface area contributed by atoms with Crippen LogP contribution in [0.15, 0.2) is 23.2 Å². The normalized spacial score (nSPS) is 18.7. The highest BCUT2D eigenvalue weighted by Crippen LogP contribution is 2.26. The first-order valence-electron chi connectivity index (χ1n) is 10.4. The molecule has 1 aromatic rings. The van der Waals surface area contributed by atoms with Gasteiger partial charge >= 0.3 is 6.09 Å². The van der Waals surface area contributed by atoms with Gasteiger partial charge in [-0.05, 0) is 38.8 Å². The molecule has 2 aliphatic rings. The molecular formula is C21H27N4O6. The number of benzene rings is 1. The molecule has 1 unspecified atom stereocenters. The maximum absolute atomic E-state index is 13.2. The third-order valence-corrected chi connectivity index (χ3v) is 5.42. The Bertz CT molecular complexity index is 879. The fourth-order valence-electron chi connectivity index (χ4n) is 3.65. The fourth-order valence-corrected chi connectivity index (χ4v) is 3.65. The second-order valence-corrected chi connectivity index (χ2v) is 7.45. The molecule has 1 fully saturated rings. The minimum Gasteiger partial charge on any atom is -0.491 e. The van der Waals surface area contributed by atoms with Crippen LogP contribution in [0.3, 0.4) is 0 Å². The molecule has 2 aliphatic heterocycles. The summed E-state index contributed by atoms with van der Waals surface area (Å²) in [4.78, 5) is 44.3. The molecule has 3 amide bonds. The van der Waals surface area contributed by atoms with Crippen LogP contribution in [0.5, 0.6) is 5.75 Å². The van der Waals surface area contributed by atoms with Gasteiger partial charge in [0.25, 0.3) is 5.91 Å². The Kier molecular flexibility index (Phi) is 7.11. The molecule has 10 heteroatoms. The lowest BCUT2D eigenvalue weighted by Gasteiger charge is -2.34.